The molecule has 0 aromatic heterocycles. The average Bonchev–Trinajstić information content (AvgIpc) is 2.82. The van der Waals surface area contributed by atoms with Crippen molar-refractivity contribution < 1.29 is 9.47 Å². The highest BCUT2D eigenvalue weighted by Gasteiger charge is 2.23. The lowest BCUT2D eigenvalue weighted by molar-refractivity contribution is 0.0625. The molecule has 0 amide bonds. The number of aliphatic imine (C=N–C) groups is 1. The maximum Gasteiger partial charge on any atom is 0.193 e. The molecule has 2 aliphatic heterocycles. The molecular formula is C24H41IN4O2. The van der Waals surface area contributed by atoms with E-state index < -0.39 is 0 Å². The lowest BCUT2D eigenvalue weighted by atomic mass is 9.96. The minimum absolute atomic E-state index is 0. The Balaban J connectivity index is 0.00000341. The van der Waals surface area contributed by atoms with Gasteiger partial charge in [-0.2, -0.15) is 0 Å². The van der Waals surface area contributed by atoms with Gasteiger partial charge in [-0.05, 0) is 68.8 Å². The molecule has 1 N–H and O–H groups in total. The van der Waals surface area contributed by atoms with Crippen LogP contribution in [0.2, 0.25) is 0 Å². The van der Waals surface area contributed by atoms with Gasteiger partial charge < -0.3 is 19.7 Å². The number of methoxy groups -OCH3 is 1. The molecule has 6 nitrogen and oxygen atoms in total. The molecule has 2 aliphatic rings. The zero-order valence-electron chi connectivity index (χ0n) is 19.5. The van der Waals surface area contributed by atoms with Crippen molar-refractivity contribution in [3.05, 3.63) is 29.8 Å². The Kier molecular flexibility index (Phi) is 12.0. The van der Waals surface area contributed by atoms with Crippen LogP contribution in [0.15, 0.2) is 29.3 Å². The van der Waals surface area contributed by atoms with Gasteiger partial charge in [0.25, 0.3) is 0 Å². The van der Waals surface area contributed by atoms with E-state index in [1.807, 2.05) is 7.05 Å². The largest absolute Gasteiger partial charge is 0.497 e. The molecule has 2 fully saturated rings. The van der Waals surface area contributed by atoms with Crippen molar-refractivity contribution in [2.24, 2.45) is 10.9 Å². The molecule has 0 aliphatic carbocycles. The van der Waals surface area contributed by atoms with Crippen molar-refractivity contribution in [3.63, 3.8) is 0 Å². The van der Waals surface area contributed by atoms with Crippen LogP contribution in [-0.2, 0) is 4.74 Å². The van der Waals surface area contributed by atoms with Crippen LogP contribution in [0, 0.1) is 5.92 Å². The smallest absolute Gasteiger partial charge is 0.193 e. The number of piperidine rings is 1. The fourth-order valence-corrected chi connectivity index (χ4v) is 4.60. The van der Waals surface area contributed by atoms with Crippen molar-refractivity contribution >= 4 is 29.9 Å². The van der Waals surface area contributed by atoms with E-state index in [1.54, 1.807) is 7.11 Å². The Bertz CT molecular complexity index is 643. The Labute approximate surface area is 205 Å². The number of halogens is 1. The van der Waals surface area contributed by atoms with Crippen LogP contribution >= 0.6 is 24.0 Å². The number of guanidine groups is 1. The average molecular weight is 545 g/mol. The third-order valence-corrected chi connectivity index (χ3v) is 6.57. The van der Waals surface area contributed by atoms with Crippen LogP contribution in [0.4, 0.5) is 0 Å². The van der Waals surface area contributed by atoms with Crippen molar-refractivity contribution in [1.29, 1.82) is 0 Å². The number of nitrogens with one attached hydrogen (secondary N) is 1. The van der Waals surface area contributed by atoms with Crippen LogP contribution in [0.3, 0.4) is 0 Å². The molecule has 1 unspecified atom stereocenters. The Morgan fingerprint density at radius 1 is 1.19 bits per heavy atom. The van der Waals surface area contributed by atoms with Gasteiger partial charge in [0, 0.05) is 40.4 Å². The quantitative estimate of drug-likeness (QED) is 0.303. The van der Waals surface area contributed by atoms with Gasteiger partial charge in [-0.3, -0.25) is 9.89 Å². The number of nitrogens with zero attached hydrogens (tertiary/aromatic N) is 3. The third-order valence-electron chi connectivity index (χ3n) is 6.57. The van der Waals surface area contributed by atoms with Crippen LogP contribution < -0.4 is 10.1 Å². The standard InChI is InChI=1S/C24H40N4O2.HI/c1-25-24(27(2)16-11-20-12-17-30-18-13-20)26-19-23(28-14-5-4-6-15-28)21-7-9-22(29-3)10-8-21;/h7-10,20,23H,4-6,11-19H2,1-3H3,(H,25,26);1H. The lowest BCUT2D eigenvalue weighted by Gasteiger charge is -2.36. The molecule has 1 aromatic carbocycles. The van der Waals surface area contributed by atoms with Crippen LogP contribution in [0.5, 0.6) is 5.75 Å². The van der Waals surface area contributed by atoms with E-state index in [2.05, 4.69) is 51.4 Å². The molecule has 3 rings (SSSR count). The van der Waals surface area contributed by atoms with Gasteiger partial charge >= 0.3 is 0 Å². The zero-order valence-corrected chi connectivity index (χ0v) is 21.8. The summed E-state index contributed by atoms with van der Waals surface area (Å²) in [5.41, 5.74) is 1.34. The first-order valence-electron chi connectivity index (χ1n) is 11.6. The monoisotopic (exact) mass is 544 g/mol. The molecule has 0 saturated carbocycles. The Hall–Kier alpha value is -1.06. The molecule has 0 radical (unpaired) electrons. The zero-order chi connectivity index (χ0) is 21.2. The molecule has 176 valence electrons. The predicted molar refractivity (Wildman–Crippen MR) is 139 cm³/mol. The highest BCUT2D eigenvalue weighted by Crippen LogP contribution is 2.26. The first-order chi connectivity index (χ1) is 14.7. The second kappa shape index (κ2) is 14.2. The number of likely N-dealkylation sites (tertiary alicyclic amines) is 1. The Morgan fingerprint density at radius 2 is 1.87 bits per heavy atom. The Morgan fingerprint density at radius 3 is 2.48 bits per heavy atom. The summed E-state index contributed by atoms with van der Waals surface area (Å²) in [7, 11) is 5.76. The highest BCUT2D eigenvalue weighted by atomic mass is 127. The first-order valence-corrected chi connectivity index (χ1v) is 11.6. The van der Waals surface area contributed by atoms with E-state index >= 15 is 0 Å². The summed E-state index contributed by atoms with van der Waals surface area (Å²) in [5, 5.41) is 3.66. The fourth-order valence-electron chi connectivity index (χ4n) is 4.60. The summed E-state index contributed by atoms with van der Waals surface area (Å²) < 4.78 is 10.8. The van der Waals surface area contributed by atoms with E-state index in [1.165, 1.54) is 44.1 Å². The van der Waals surface area contributed by atoms with Crippen LogP contribution in [0.1, 0.15) is 50.1 Å². The topological polar surface area (TPSA) is 49.3 Å². The second-order valence-electron chi connectivity index (χ2n) is 8.58. The van der Waals surface area contributed by atoms with Crippen LogP contribution in [-0.4, -0.2) is 76.4 Å². The molecule has 1 atom stereocenters. The second-order valence-corrected chi connectivity index (χ2v) is 8.58. The van der Waals surface area contributed by atoms with Crippen molar-refractivity contribution in [3.8, 4) is 5.75 Å². The van der Waals surface area contributed by atoms with Crippen molar-refractivity contribution in [1.82, 2.24) is 15.1 Å². The molecule has 1 aromatic rings. The molecule has 2 heterocycles. The van der Waals surface area contributed by atoms with E-state index in [0.29, 0.717) is 6.04 Å². The van der Waals surface area contributed by atoms with Gasteiger partial charge in [0.1, 0.15) is 5.75 Å². The molecular weight excluding hydrogens is 503 g/mol. The summed E-state index contributed by atoms with van der Waals surface area (Å²) in [6, 6.07) is 8.90. The fraction of sp³-hybridized carbons (Fsp3) is 0.708. The lowest BCUT2D eigenvalue weighted by Crippen LogP contribution is -2.45. The van der Waals surface area contributed by atoms with Gasteiger partial charge in [-0.1, -0.05) is 18.6 Å². The predicted octanol–water partition coefficient (Wildman–Crippen LogP) is 4.16. The molecule has 2 saturated heterocycles. The van der Waals surface area contributed by atoms with E-state index in [0.717, 1.165) is 57.0 Å². The molecule has 0 spiro atoms. The maximum absolute atomic E-state index is 5.49. The summed E-state index contributed by atoms with van der Waals surface area (Å²) in [5.74, 6) is 2.67. The molecule has 31 heavy (non-hydrogen) atoms. The summed E-state index contributed by atoms with van der Waals surface area (Å²) in [6.07, 6.45) is 7.49. The van der Waals surface area contributed by atoms with E-state index in [-0.39, 0.29) is 24.0 Å². The highest BCUT2D eigenvalue weighted by molar-refractivity contribution is 14.0. The van der Waals surface area contributed by atoms with Gasteiger partial charge in [0.05, 0.1) is 13.2 Å². The number of hydrogen-bond acceptors (Lipinski definition) is 4. The summed E-state index contributed by atoms with van der Waals surface area (Å²) in [4.78, 5) is 9.45. The van der Waals surface area contributed by atoms with Crippen molar-refractivity contribution in [2.45, 2.75) is 44.6 Å². The van der Waals surface area contributed by atoms with Gasteiger partial charge in [0.15, 0.2) is 5.96 Å². The normalized spacial score (nSPS) is 19.4. The third kappa shape index (κ3) is 8.09. The SMILES string of the molecule is CN=C(NCC(c1ccc(OC)cc1)N1CCCCC1)N(C)CCC1CCOCC1.I. The van der Waals surface area contributed by atoms with Gasteiger partial charge in [-0.25, -0.2) is 0 Å². The van der Waals surface area contributed by atoms with Crippen molar-refractivity contribution in [2.75, 3.05) is 60.6 Å². The summed E-state index contributed by atoms with van der Waals surface area (Å²) >= 11 is 0. The molecule has 0 bridgehead atoms. The van der Waals surface area contributed by atoms with E-state index in [9.17, 15) is 0 Å². The van der Waals surface area contributed by atoms with Gasteiger partial charge in [0.2, 0.25) is 0 Å². The number of hydrogen-bond donors (Lipinski definition) is 1. The van der Waals surface area contributed by atoms with Gasteiger partial charge in [-0.15, -0.1) is 24.0 Å². The maximum atomic E-state index is 5.49. The number of rotatable bonds is 8. The first kappa shape index (κ1) is 26.2. The summed E-state index contributed by atoms with van der Waals surface area (Å²) in [6.45, 7) is 6.05. The van der Waals surface area contributed by atoms with E-state index in [4.69, 9.17) is 9.47 Å². The minimum atomic E-state index is 0. The molecule has 7 heteroatoms. The minimum Gasteiger partial charge on any atom is -0.497 e. The van der Waals surface area contributed by atoms with Crippen LogP contribution in [0.25, 0.3) is 0 Å². The number of ether oxygens (including phenoxy) is 2. The number of benzene rings is 1.